The van der Waals surface area contributed by atoms with E-state index in [1.54, 1.807) is 0 Å². The number of rotatable bonds is 1. The van der Waals surface area contributed by atoms with Crippen LogP contribution in [-0.4, -0.2) is 4.57 Å². The first-order valence-corrected chi connectivity index (χ1v) is 13.7. The van der Waals surface area contributed by atoms with Gasteiger partial charge in [0.25, 0.3) is 0 Å². The molecule has 0 N–H and O–H groups in total. The van der Waals surface area contributed by atoms with Crippen molar-refractivity contribution < 1.29 is 0 Å². The summed E-state index contributed by atoms with van der Waals surface area (Å²) in [5.74, 6) is 0. The first kappa shape index (κ1) is 19.7. The van der Waals surface area contributed by atoms with Gasteiger partial charge < -0.3 is 4.57 Å². The zero-order valence-corrected chi connectivity index (χ0v) is 20.8. The summed E-state index contributed by atoms with van der Waals surface area (Å²) in [6.07, 6.45) is 1.01. The van der Waals surface area contributed by atoms with E-state index >= 15 is 0 Å². The summed E-state index contributed by atoms with van der Waals surface area (Å²) in [4.78, 5) is 0. The minimum atomic E-state index is 1.01. The molecule has 2 aromatic heterocycles. The van der Waals surface area contributed by atoms with Crippen molar-refractivity contribution in [3.05, 3.63) is 126 Å². The Balaban J connectivity index is 1.42. The minimum Gasteiger partial charge on any atom is -0.309 e. The largest absolute Gasteiger partial charge is 0.309 e. The summed E-state index contributed by atoms with van der Waals surface area (Å²) in [5, 5.41) is 8.10. The van der Waals surface area contributed by atoms with E-state index in [1.165, 1.54) is 80.7 Å². The van der Waals surface area contributed by atoms with Gasteiger partial charge in [0.1, 0.15) is 0 Å². The van der Waals surface area contributed by atoms with Crippen LogP contribution in [0.2, 0.25) is 0 Å². The standard InChI is InChI=1S/C35H21NS/c1-2-10-23-21(9-1)19-29-33(23)26-13-3-4-14-27(26)34-28-20-22(17-18-32(28)37-35(29)34)36-30-15-7-5-11-24(30)25-12-6-8-16-31(25)36/h1-18,20H,19H2. The lowest BCUT2D eigenvalue weighted by Gasteiger charge is -2.11. The van der Waals surface area contributed by atoms with Gasteiger partial charge in [0, 0.05) is 43.1 Å². The predicted molar refractivity (Wildman–Crippen MR) is 159 cm³/mol. The van der Waals surface area contributed by atoms with Crippen molar-refractivity contribution in [2.45, 2.75) is 6.42 Å². The van der Waals surface area contributed by atoms with Crippen molar-refractivity contribution in [1.82, 2.24) is 4.57 Å². The fourth-order valence-corrected chi connectivity index (χ4v) is 7.93. The predicted octanol–water partition coefficient (Wildman–Crippen LogP) is 9.88. The molecule has 8 aromatic rings. The number of hydrogen-bond acceptors (Lipinski definition) is 1. The molecular formula is C35H21NS. The maximum atomic E-state index is 2.43. The fraction of sp³-hybridized carbons (Fsp3) is 0.0286. The van der Waals surface area contributed by atoms with Crippen LogP contribution in [0.15, 0.2) is 115 Å². The van der Waals surface area contributed by atoms with E-state index in [-0.39, 0.29) is 0 Å². The summed E-state index contributed by atoms with van der Waals surface area (Å²) in [6.45, 7) is 0. The van der Waals surface area contributed by atoms with E-state index in [9.17, 15) is 0 Å². The average Bonchev–Trinajstić information content (AvgIpc) is 3.63. The molecular weight excluding hydrogens is 466 g/mol. The Morgan fingerprint density at radius 2 is 1.22 bits per heavy atom. The Hall–Kier alpha value is -4.40. The van der Waals surface area contributed by atoms with Gasteiger partial charge >= 0.3 is 0 Å². The van der Waals surface area contributed by atoms with Crippen LogP contribution >= 0.6 is 11.3 Å². The Kier molecular flexibility index (Phi) is 3.78. The van der Waals surface area contributed by atoms with E-state index in [0.717, 1.165) is 6.42 Å². The summed E-state index contributed by atoms with van der Waals surface area (Å²) in [5.41, 5.74) is 9.50. The highest BCUT2D eigenvalue weighted by Crippen LogP contribution is 2.50. The third-order valence-electron chi connectivity index (χ3n) is 8.21. The van der Waals surface area contributed by atoms with Gasteiger partial charge in [0.2, 0.25) is 0 Å². The van der Waals surface area contributed by atoms with Crippen molar-refractivity contribution in [2.24, 2.45) is 0 Å². The van der Waals surface area contributed by atoms with E-state index < -0.39 is 0 Å². The topological polar surface area (TPSA) is 4.93 Å². The van der Waals surface area contributed by atoms with E-state index in [4.69, 9.17) is 0 Å². The molecule has 0 saturated carbocycles. The maximum absolute atomic E-state index is 2.43. The van der Waals surface area contributed by atoms with Gasteiger partial charge in [0.05, 0.1) is 11.0 Å². The Morgan fingerprint density at radius 1 is 0.568 bits per heavy atom. The molecule has 9 rings (SSSR count). The zero-order valence-electron chi connectivity index (χ0n) is 20.0. The normalized spacial score (nSPS) is 12.8. The van der Waals surface area contributed by atoms with Crippen LogP contribution in [0.4, 0.5) is 0 Å². The third-order valence-corrected chi connectivity index (χ3v) is 9.44. The molecule has 0 amide bonds. The molecule has 0 unspecified atom stereocenters. The molecule has 37 heavy (non-hydrogen) atoms. The highest BCUT2D eigenvalue weighted by Gasteiger charge is 2.26. The monoisotopic (exact) mass is 487 g/mol. The molecule has 0 saturated heterocycles. The fourth-order valence-electron chi connectivity index (χ4n) is 6.69. The molecule has 0 spiro atoms. The quantitative estimate of drug-likeness (QED) is 0.217. The SMILES string of the molecule is c1ccc2c(c1)Cc1c-2c2ccccc2c2c1sc1ccc(-n3c4ccccc4c4ccccc43)cc12. The Morgan fingerprint density at radius 3 is 2.00 bits per heavy atom. The maximum Gasteiger partial charge on any atom is 0.0541 e. The summed E-state index contributed by atoms with van der Waals surface area (Å²) >= 11 is 1.96. The molecule has 2 heterocycles. The van der Waals surface area contributed by atoms with Crippen LogP contribution in [0.1, 0.15) is 11.1 Å². The number of nitrogens with zero attached hydrogens (tertiary/aromatic N) is 1. The molecule has 1 aliphatic rings. The van der Waals surface area contributed by atoms with Crippen molar-refractivity contribution in [2.75, 3.05) is 0 Å². The lowest BCUT2D eigenvalue weighted by atomic mass is 9.94. The Labute approximate surface area is 217 Å². The van der Waals surface area contributed by atoms with Crippen LogP contribution in [0.5, 0.6) is 0 Å². The van der Waals surface area contributed by atoms with Gasteiger partial charge in [-0.05, 0) is 63.4 Å². The number of aromatic nitrogens is 1. The van der Waals surface area contributed by atoms with Gasteiger partial charge in [-0.15, -0.1) is 11.3 Å². The second kappa shape index (κ2) is 7.09. The highest BCUT2D eigenvalue weighted by molar-refractivity contribution is 7.26. The number of para-hydroxylation sites is 2. The minimum absolute atomic E-state index is 1.01. The Bertz CT molecular complexity index is 2170. The molecule has 6 aromatic carbocycles. The van der Waals surface area contributed by atoms with Gasteiger partial charge in [-0.25, -0.2) is 0 Å². The summed E-state index contributed by atoms with van der Waals surface area (Å²) < 4.78 is 5.23. The van der Waals surface area contributed by atoms with Crippen molar-refractivity contribution in [1.29, 1.82) is 0 Å². The molecule has 172 valence electrons. The highest BCUT2D eigenvalue weighted by atomic mass is 32.1. The van der Waals surface area contributed by atoms with Crippen LogP contribution in [0, 0.1) is 0 Å². The smallest absolute Gasteiger partial charge is 0.0541 e. The zero-order chi connectivity index (χ0) is 24.1. The second-order valence-corrected chi connectivity index (χ2v) is 11.1. The molecule has 0 bridgehead atoms. The van der Waals surface area contributed by atoms with Gasteiger partial charge in [-0.3, -0.25) is 0 Å². The van der Waals surface area contributed by atoms with Gasteiger partial charge in [-0.2, -0.15) is 0 Å². The third kappa shape index (κ3) is 2.53. The average molecular weight is 488 g/mol. The molecule has 0 aliphatic heterocycles. The van der Waals surface area contributed by atoms with E-state index in [0.29, 0.717) is 0 Å². The number of hydrogen-bond donors (Lipinski definition) is 0. The van der Waals surface area contributed by atoms with Crippen LogP contribution in [-0.2, 0) is 6.42 Å². The first-order chi connectivity index (χ1) is 18.4. The molecule has 0 atom stereocenters. The number of thiophene rings is 1. The molecule has 0 fully saturated rings. The van der Waals surface area contributed by atoms with Crippen molar-refractivity contribution in [3.63, 3.8) is 0 Å². The van der Waals surface area contributed by atoms with Gasteiger partial charge in [-0.1, -0.05) is 84.9 Å². The van der Waals surface area contributed by atoms with Crippen molar-refractivity contribution in [3.8, 4) is 16.8 Å². The van der Waals surface area contributed by atoms with Crippen molar-refractivity contribution >= 4 is 64.1 Å². The summed E-state index contributed by atoms with van der Waals surface area (Å²) in [7, 11) is 0. The molecule has 0 radical (unpaired) electrons. The second-order valence-electron chi connectivity index (χ2n) is 10.1. The summed E-state index contributed by atoms with van der Waals surface area (Å²) in [6, 6.07) is 42.5. The lowest BCUT2D eigenvalue weighted by Crippen LogP contribution is -1.93. The van der Waals surface area contributed by atoms with Crippen LogP contribution in [0.3, 0.4) is 0 Å². The lowest BCUT2D eigenvalue weighted by molar-refractivity contribution is 1.19. The molecule has 1 aliphatic carbocycles. The number of fused-ring (bicyclic) bond motifs is 13. The van der Waals surface area contributed by atoms with Crippen LogP contribution in [0.25, 0.3) is 69.6 Å². The molecule has 1 nitrogen and oxygen atoms in total. The van der Waals surface area contributed by atoms with E-state index in [1.807, 2.05) is 11.3 Å². The molecule has 2 heteroatoms. The van der Waals surface area contributed by atoms with E-state index in [2.05, 4.69) is 120 Å². The van der Waals surface area contributed by atoms with Gasteiger partial charge in [0.15, 0.2) is 0 Å². The first-order valence-electron chi connectivity index (χ1n) is 12.8. The number of benzene rings is 6. The van der Waals surface area contributed by atoms with Crippen LogP contribution < -0.4 is 0 Å².